The molecule has 1 rings (SSSR count). The smallest absolute Gasteiger partial charge is 0.130 e. The second-order valence-electron chi connectivity index (χ2n) is 2.45. The van der Waals surface area contributed by atoms with Crippen molar-refractivity contribution >= 4 is 5.82 Å². The zero-order valence-electron chi connectivity index (χ0n) is 6.83. The molecule has 0 aromatic carbocycles. The maximum Gasteiger partial charge on any atom is 0.130 e. The summed E-state index contributed by atoms with van der Waals surface area (Å²) in [5.74, 6) is 0.710. The third-order valence-corrected chi connectivity index (χ3v) is 1.23. The number of rotatable bonds is 2. The van der Waals surface area contributed by atoms with E-state index < -0.39 is 0 Å². The Kier molecular flexibility index (Phi) is 2.44. The highest BCUT2D eigenvalue weighted by Gasteiger charge is 1.92. The molecule has 0 amide bonds. The van der Waals surface area contributed by atoms with Gasteiger partial charge < -0.3 is 5.32 Å². The molecule has 0 spiro atoms. The molecule has 0 saturated carbocycles. The number of allylic oxidation sites excluding steroid dienone is 1. The highest BCUT2D eigenvalue weighted by atomic mass is 15.0. The Morgan fingerprint density at radius 1 is 1.67 bits per heavy atom. The minimum Gasteiger partial charge on any atom is -0.345 e. The Morgan fingerprint density at radius 3 is 2.83 bits per heavy atom. The third-order valence-electron chi connectivity index (χ3n) is 1.23. The van der Waals surface area contributed by atoms with Crippen molar-refractivity contribution in [2.75, 3.05) is 5.32 Å². The second kappa shape index (κ2) is 3.54. The van der Waals surface area contributed by atoms with Gasteiger partial charge in [-0.15, -0.1) is 0 Å². The van der Waals surface area contributed by atoms with E-state index in [0.717, 1.165) is 5.70 Å². The van der Waals surface area contributed by atoms with Crippen LogP contribution >= 0.6 is 0 Å². The fraction of sp³-hybridized carbons (Fsp3) is 0.111. The minimum atomic E-state index is 0.558. The van der Waals surface area contributed by atoms with E-state index in [9.17, 15) is 0 Å². The lowest BCUT2D eigenvalue weighted by Crippen LogP contribution is -1.95. The van der Waals surface area contributed by atoms with Crippen LogP contribution in [-0.4, -0.2) is 4.98 Å². The summed E-state index contributed by atoms with van der Waals surface area (Å²) in [7, 11) is 0. The zero-order valence-corrected chi connectivity index (χ0v) is 6.83. The van der Waals surface area contributed by atoms with Gasteiger partial charge >= 0.3 is 0 Å². The van der Waals surface area contributed by atoms with Gasteiger partial charge in [-0.05, 0) is 19.1 Å². The van der Waals surface area contributed by atoms with Gasteiger partial charge in [-0.1, -0.05) is 6.58 Å². The lowest BCUT2D eigenvalue weighted by atomic mass is 10.3. The van der Waals surface area contributed by atoms with Gasteiger partial charge in [0.15, 0.2) is 0 Å². The maximum atomic E-state index is 8.48. The first kappa shape index (κ1) is 8.28. The SMILES string of the molecule is C=C(C)Nc1ccc(C#N)cn1. The highest BCUT2D eigenvalue weighted by Crippen LogP contribution is 2.05. The molecule has 0 bridgehead atoms. The van der Waals surface area contributed by atoms with Gasteiger partial charge in [0.25, 0.3) is 0 Å². The molecule has 1 heterocycles. The van der Waals surface area contributed by atoms with Gasteiger partial charge in [-0.2, -0.15) is 5.26 Å². The number of nitrogens with zero attached hydrogens (tertiary/aromatic N) is 2. The second-order valence-corrected chi connectivity index (χ2v) is 2.45. The van der Waals surface area contributed by atoms with Crippen molar-refractivity contribution in [1.82, 2.24) is 4.98 Å². The van der Waals surface area contributed by atoms with Crippen molar-refractivity contribution in [2.45, 2.75) is 6.92 Å². The average Bonchev–Trinajstić information content (AvgIpc) is 2.05. The Hall–Kier alpha value is -1.82. The Labute approximate surface area is 71.4 Å². The van der Waals surface area contributed by atoms with Crippen molar-refractivity contribution in [3.8, 4) is 6.07 Å². The summed E-state index contributed by atoms with van der Waals surface area (Å²) >= 11 is 0. The predicted octanol–water partition coefficient (Wildman–Crippen LogP) is 1.90. The van der Waals surface area contributed by atoms with E-state index >= 15 is 0 Å². The Morgan fingerprint density at radius 2 is 2.42 bits per heavy atom. The molecule has 1 N–H and O–H groups in total. The van der Waals surface area contributed by atoms with Crippen LogP contribution in [0.2, 0.25) is 0 Å². The van der Waals surface area contributed by atoms with Crippen LogP contribution in [0.25, 0.3) is 0 Å². The summed E-state index contributed by atoms with van der Waals surface area (Å²) in [5.41, 5.74) is 1.38. The molecule has 0 unspecified atom stereocenters. The molecule has 3 heteroatoms. The fourth-order valence-electron chi connectivity index (χ4n) is 0.753. The standard InChI is InChI=1S/C9H9N3/c1-7(2)12-9-4-3-8(5-10)6-11-9/h3-4,6H,1H2,2H3,(H,11,12). The van der Waals surface area contributed by atoms with E-state index in [2.05, 4.69) is 16.9 Å². The molecular formula is C9H9N3. The summed E-state index contributed by atoms with van der Waals surface area (Å²) in [6.07, 6.45) is 1.52. The van der Waals surface area contributed by atoms with E-state index in [1.165, 1.54) is 6.20 Å². The lowest BCUT2D eigenvalue weighted by molar-refractivity contribution is 1.25. The zero-order chi connectivity index (χ0) is 8.97. The molecule has 60 valence electrons. The number of pyridine rings is 1. The molecule has 0 aliphatic carbocycles. The summed E-state index contributed by atoms with van der Waals surface area (Å²) < 4.78 is 0. The van der Waals surface area contributed by atoms with Crippen LogP contribution in [-0.2, 0) is 0 Å². The molecule has 0 radical (unpaired) electrons. The number of hydrogen-bond acceptors (Lipinski definition) is 3. The van der Waals surface area contributed by atoms with Gasteiger partial charge in [0, 0.05) is 11.9 Å². The van der Waals surface area contributed by atoms with Crippen LogP contribution in [0.1, 0.15) is 12.5 Å². The van der Waals surface area contributed by atoms with Crippen molar-refractivity contribution in [1.29, 1.82) is 5.26 Å². The molecule has 0 fully saturated rings. The summed E-state index contributed by atoms with van der Waals surface area (Å²) in [6.45, 7) is 5.52. The van der Waals surface area contributed by atoms with Gasteiger partial charge in [0.2, 0.25) is 0 Å². The van der Waals surface area contributed by atoms with Crippen LogP contribution in [0.4, 0.5) is 5.82 Å². The normalized spacial score (nSPS) is 8.67. The Balaban J connectivity index is 2.80. The number of hydrogen-bond donors (Lipinski definition) is 1. The van der Waals surface area contributed by atoms with Crippen molar-refractivity contribution in [3.05, 3.63) is 36.2 Å². The molecule has 0 aliphatic heterocycles. The predicted molar refractivity (Wildman–Crippen MR) is 47.4 cm³/mol. The number of nitriles is 1. The first-order chi connectivity index (χ1) is 5.72. The summed E-state index contributed by atoms with van der Waals surface area (Å²) in [6, 6.07) is 5.44. The largest absolute Gasteiger partial charge is 0.345 e. The van der Waals surface area contributed by atoms with Crippen LogP contribution in [0, 0.1) is 11.3 Å². The van der Waals surface area contributed by atoms with E-state index in [4.69, 9.17) is 5.26 Å². The number of nitrogens with one attached hydrogen (secondary N) is 1. The van der Waals surface area contributed by atoms with Crippen LogP contribution < -0.4 is 5.32 Å². The molecule has 12 heavy (non-hydrogen) atoms. The van der Waals surface area contributed by atoms with Crippen molar-refractivity contribution in [2.24, 2.45) is 0 Å². The lowest BCUT2D eigenvalue weighted by Gasteiger charge is -2.02. The summed E-state index contributed by atoms with van der Waals surface area (Å²) in [4.78, 5) is 4.00. The topological polar surface area (TPSA) is 48.7 Å². The first-order valence-electron chi connectivity index (χ1n) is 3.51. The molecular weight excluding hydrogens is 150 g/mol. The molecule has 0 aliphatic rings. The van der Waals surface area contributed by atoms with Gasteiger partial charge in [-0.3, -0.25) is 0 Å². The monoisotopic (exact) mass is 159 g/mol. The van der Waals surface area contributed by atoms with E-state index in [0.29, 0.717) is 11.4 Å². The average molecular weight is 159 g/mol. The van der Waals surface area contributed by atoms with E-state index in [-0.39, 0.29) is 0 Å². The molecule has 0 saturated heterocycles. The van der Waals surface area contributed by atoms with Crippen LogP contribution in [0.15, 0.2) is 30.6 Å². The van der Waals surface area contributed by atoms with E-state index in [1.54, 1.807) is 12.1 Å². The quantitative estimate of drug-likeness (QED) is 0.716. The maximum absolute atomic E-state index is 8.48. The third kappa shape index (κ3) is 2.10. The molecule has 3 nitrogen and oxygen atoms in total. The number of aromatic nitrogens is 1. The Bertz CT molecular complexity index is 319. The highest BCUT2D eigenvalue weighted by molar-refractivity contribution is 5.42. The minimum absolute atomic E-state index is 0.558. The molecule has 0 atom stereocenters. The van der Waals surface area contributed by atoms with Crippen LogP contribution in [0.3, 0.4) is 0 Å². The molecule has 1 aromatic rings. The number of anilines is 1. The summed E-state index contributed by atoms with van der Waals surface area (Å²) in [5, 5.41) is 11.4. The van der Waals surface area contributed by atoms with Crippen molar-refractivity contribution in [3.63, 3.8) is 0 Å². The fourth-order valence-corrected chi connectivity index (χ4v) is 0.753. The van der Waals surface area contributed by atoms with Gasteiger partial charge in [-0.25, -0.2) is 4.98 Å². The van der Waals surface area contributed by atoms with Gasteiger partial charge in [0.05, 0.1) is 5.56 Å². The van der Waals surface area contributed by atoms with Gasteiger partial charge in [0.1, 0.15) is 11.9 Å². The molecule has 1 aromatic heterocycles. The van der Waals surface area contributed by atoms with Crippen molar-refractivity contribution < 1.29 is 0 Å². The van der Waals surface area contributed by atoms with Crippen LogP contribution in [0.5, 0.6) is 0 Å². The first-order valence-corrected chi connectivity index (χ1v) is 3.51. The van der Waals surface area contributed by atoms with E-state index in [1.807, 2.05) is 13.0 Å².